The van der Waals surface area contributed by atoms with E-state index in [9.17, 15) is 0 Å². The quantitative estimate of drug-likeness (QED) is 0.172. The second-order valence-electron chi connectivity index (χ2n) is 14.7. The van der Waals surface area contributed by atoms with Gasteiger partial charge in [-0.3, -0.25) is 4.57 Å². The largest absolute Gasteiger partial charge is 0.457 e. The lowest BCUT2D eigenvalue weighted by atomic mass is 9.86. The lowest BCUT2D eigenvalue weighted by Gasteiger charge is -2.20. The van der Waals surface area contributed by atoms with E-state index in [1.165, 1.54) is 43.9 Å². The van der Waals surface area contributed by atoms with E-state index >= 15 is 0 Å². The Kier molecular flexibility index (Phi) is 6.94. The first-order valence-corrected chi connectivity index (χ1v) is 17.5. The third-order valence-corrected chi connectivity index (χ3v) is 10.1. The van der Waals surface area contributed by atoms with Crippen molar-refractivity contribution in [3.05, 3.63) is 151 Å². The lowest BCUT2D eigenvalue weighted by molar-refractivity contribution is -0.670. The van der Waals surface area contributed by atoms with Crippen LogP contribution in [-0.2, 0) is 12.5 Å². The van der Waals surface area contributed by atoms with Gasteiger partial charge in [0.2, 0.25) is 6.33 Å². The van der Waals surface area contributed by atoms with Crippen molar-refractivity contribution in [3.8, 4) is 28.7 Å². The Bertz CT molecular complexity index is 2750. The molecule has 0 aliphatic rings. The summed E-state index contributed by atoms with van der Waals surface area (Å²) in [4.78, 5) is 5.00. The number of hydrogen-bond acceptors (Lipinski definition) is 2. The van der Waals surface area contributed by atoms with E-state index in [1.54, 1.807) is 0 Å². The highest BCUT2D eigenvalue weighted by Gasteiger charge is 2.21. The maximum Gasteiger partial charge on any atom is 0.248 e. The van der Waals surface area contributed by atoms with Crippen LogP contribution in [0.1, 0.15) is 37.5 Å². The zero-order valence-electron chi connectivity index (χ0n) is 29.8. The average molecular weight is 667 g/mol. The van der Waals surface area contributed by atoms with Crippen LogP contribution >= 0.6 is 0 Å². The smallest absolute Gasteiger partial charge is 0.248 e. The summed E-state index contributed by atoms with van der Waals surface area (Å²) in [6, 6.07) is 39.0. The van der Waals surface area contributed by atoms with Gasteiger partial charge in [-0.15, -0.1) is 0 Å². The number of para-hydroxylation sites is 3. The molecule has 9 rings (SSSR count). The van der Waals surface area contributed by atoms with Crippen molar-refractivity contribution in [2.24, 2.45) is 7.05 Å². The van der Waals surface area contributed by atoms with Crippen LogP contribution in [0.5, 0.6) is 11.5 Å². The summed E-state index contributed by atoms with van der Waals surface area (Å²) in [6.45, 7) is 11.1. The fraction of sp³-hybridized carbons (Fsp3) is 0.156. The Morgan fingerprint density at radius 1 is 0.627 bits per heavy atom. The zero-order valence-corrected chi connectivity index (χ0v) is 29.8. The van der Waals surface area contributed by atoms with Crippen molar-refractivity contribution < 1.29 is 9.30 Å². The van der Waals surface area contributed by atoms with Gasteiger partial charge in [0.1, 0.15) is 35.4 Å². The molecule has 6 nitrogen and oxygen atoms in total. The Hall–Kier alpha value is -6.14. The number of aryl methyl sites for hydroxylation is 3. The highest BCUT2D eigenvalue weighted by atomic mass is 16.5. The summed E-state index contributed by atoms with van der Waals surface area (Å²) in [5.74, 6) is 2.42. The van der Waals surface area contributed by atoms with Gasteiger partial charge < -0.3 is 9.30 Å². The summed E-state index contributed by atoms with van der Waals surface area (Å²) in [5.41, 5.74) is 10.4. The minimum Gasteiger partial charge on any atom is -0.457 e. The van der Waals surface area contributed by atoms with Crippen LogP contribution in [0.15, 0.2) is 134 Å². The molecule has 0 atom stereocenters. The summed E-state index contributed by atoms with van der Waals surface area (Å²) in [5, 5.41) is 4.84. The standard InChI is InChI=1S/C45H40N5O/c1-29-11-9-14-38-39-15-10-12-30(2)44(39)49(43(29)38)32-19-20-46-42(26-32)50-40-16-8-7-13-36(40)37-18-17-34(27-41(37)50)51-35-24-31(45(3,4)5)23-33(25-35)48-22-21-47(6)28-48/h7-28H,1-6H3/q+1. The SMILES string of the molecule is Cc1cccc2c3cccc(C)c3n(-c3ccnc(-n4c5ccccc5c5ccc(Oc6cc(-n7cc[n+](C)c7)cc(C(C)(C)C)c6)cc54)c3)c12. The fourth-order valence-electron chi connectivity index (χ4n) is 7.61. The number of rotatable bonds is 5. The first kappa shape index (κ1) is 30.9. The number of nitrogens with zero attached hydrogens (tertiary/aromatic N) is 5. The van der Waals surface area contributed by atoms with Crippen LogP contribution in [0.3, 0.4) is 0 Å². The van der Waals surface area contributed by atoms with E-state index in [4.69, 9.17) is 9.72 Å². The molecule has 51 heavy (non-hydrogen) atoms. The number of imidazole rings is 1. The van der Waals surface area contributed by atoms with Crippen molar-refractivity contribution in [1.82, 2.24) is 18.7 Å². The minimum absolute atomic E-state index is 0.0516. The highest BCUT2D eigenvalue weighted by Crippen LogP contribution is 2.39. The van der Waals surface area contributed by atoms with Gasteiger partial charge in [-0.1, -0.05) is 75.4 Å². The molecule has 0 unspecified atom stereocenters. The van der Waals surface area contributed by atoms with Gasteiger partial charge >= 0.3 is 0 Å². The number of aromatic nitrogens is 5. The maximum absolute atomic E-state index is 6.73. The Labute approximate surface area is 297 Å². The van der Waals surface area contributed by atoms with Crippen LogP contribution in [0, 0.1) is 13.8 Å². The first-order valence-electron chi connectivity index (χ1n) is 17.5. The highest BCUT2D eigenvalue weighted by molar-refractivity contribution is 6.12. The molecule has 5 aromatic carbocycles. The van der Waals surface area contributed by atoms with Crippen molar-refractivity contribution in [2.75, 3.05) is 0 Å². The number of ether oxygens (including phenoxy) is 1. The Morgan fingerprint density at radius 3 is 2.04 bits per heavy atom. The molecule has 6 heteroatoms. The van der Waals surface area contributed by atoms with Gasteiger partial charge in [0.05, 0.1) is 34.8 Å². The predicted molar refractivity (Wildman–Crippen MR) is 208 cm³/mol. The molecule has 0 aliphatic carbocycles. The molecule has 9 aromatic rings. The molecule has 0 bridgehead atoms. The third kappa shape index (κ3) is 5.09. The van der Waals surface area contributed by atoms with Crippen LogP contribution in [0.2, 0.25) is 0 Å². The second kappa shape index (κ2) is 11.5. The maximum atomic E-state index is 6.73. The van der Waals surface area contributed by atoms with Crippen molar-refractivity contribution in [3.63, 3.8) is 0 Å². The molecule has 0 saturated carbocycles. The third-order valence-electron chi connectivity index (χ3n) is 10.1. The van der Waals surface area contributed by atoms with Gasteiger partial charge in [-0.25, -0.2) is 14.1 Å². The second-order valence-corrected chi connectivity index (χ2v) is 14.7. The Balaban J connectivity index is 1.22. The molecule has 0 N–H and O–H groups in total. The van der Waals surface area contributed by atoms with Gasteiger partial charge in [-0.2, -0.15) is 0 Å². The van der Waals surface area contributed by atoms with E-state index in [0.717, 1.165) is 45.1 Å². The van der Waals surface area contributed by atoms with Crippen LogP contribution in [0.4, 0.5) is 0 Å². The van der Waals surface area contributed by atoms with Crippen molar-refractivity contribution >= 4 is 43.6 Å². The topological polar surface area (TPSA) is 40.8 Å². The number of fused-ring (bicyclic) bond motifs is 6. The minimum atomic E-state index is -0.0516. The molecule has 0 amide bonds. The molecule has 0 saturated heterocycles. The molecule has 4 aromatic heterocycles. The first-order chi connectivity index (χ1) is 24.6. The number of pyridine rings is 1. The molecular formula is C45H40N5O+. The number of hydrogen-bond donors (Lipinski definition) is 0. The predicted octanol–water partition coefficient (Wildman–Crippen LogP) is 10.6. The summed E-state index contributed by atoms with van der Waals surface area (Å²) < 4.78 is 15.6. The van der Waals surface area contributed by atoms with E-state index in [0.29, 0.717) is 0 Å². The molecule has 0 aliphatic heterocycles. The van der Waals surface area contributed by atoms with Gasteiger partial charge in [0, 0.05) is 45.9 Å². The molecule has 0 spiro atoms. The van der Waals surface area contributed by atoms with E-state index in [2.05, 4.69) is 170 Å². The Morgan fingerprint density at radius 2 is 1.33 bits per heavy atom. The summed E-state index contributed by atoms with van der Waals surface area (Å²) >= 11 is 0. The molecule has 250 valence electrons. The van der Waals surface area contributed by atoms with E-state index in [1.807, 2.05) is 24.0 Å². The molecule has 0 radical (unpaired) electrons. The fourth-order valence-corrected chi connectivity index (χ4v) is 7.61. The van der Waals surface area contributed by atoms with Crippen LogP contribution < -0.4 is 9.30 Å². The van der Waals surface area contributed by atoms with Crippen molar-refractivity contribution in [2.45, 2.75) is 40.0 Å². The van der Waals surface area contributed by atoms with Crippen molar-refractivity contribution in [1.29, 1.82) is 0 Å². The summed E-state index contributed by atoms with van der Waals surface area (Å²) in [7, 11) is 2.03. The monoisotopic (exact) mass is 666 g/mol. The normalized spacial score (nSPS) is 12.1. The van der Waals surface area contributed by atoms with Gasteiger partial charge in [0.15, 0.2) is 0 Å². The van der Waals surface area contributed by atoms with E-state index < -0.39 is 0 Å². The average Bonchev–Trinajstić information content (AvgIpc) is 3.81. The lowest BCUT2D eigenvalue weighted by Crippen LogP contribution is -2.23. The van der Waals surface area contributed by atoms with Crippen LogP contribution in [-0.4, -0.2) is 18.7 Å². The zero-order chi connectivity index (χ0) is 35.0. The summed E-state index contributed by atoms with van der Waals surface area (Å²) in [6.07, 6.45) is 8.11. The van der Waals surface area contributed by atoms with Crippen LogP contribution in [0.25, 0.3) is 60.8 Å². The van der Waals surface area contributed by atoms with E-state index in [-0.39, 0.29) is 5.41 Å². The number of benzene rings is 5. The van der Waals surface area contributed by atoms with Gasteiger partial charge in [0.25, 0.3) is 0 Å². The van der Waals surface area contributed by atoms with Gasteiger partial charge in [-0.05, 0) is 72.4 Å². The molecule has 4 heterocycles. The molecule has 0 fully saturated rings. The molecular weight excluding hydrogens is 627 g/mol.